The topological polar surface area (TPSA) is 207 Å². The lowest BCUT2D eigenvalue weighted by Crippen LogP contribution is -2.40. The number of aliphatic imine (C=N–C) groups is 2. The number of carbonyl (C=O) groups is 2. The molecular weight excluding hydrogens is 396 g/mol. The highest BCUT2D eigenvalue weighted by atomic mass is 16.4. The van der Waals surface area contributed by atoms with Crippen LogP contribution in [-0.4, -0.2) is 99.0 Å². The summed E-state index contributed by atoms with van der Waals surface area (Å²) in [6.07, 6.45) is 0.872. The van der Waals surface area contributed by atoms with Gasteiger partial charge in [-0.15, -0.1) is 0 Å². The Morgan fingerprint density at radius 2 is 1.70 bits per heavy atom. The summed E-state index contributed by atoms with van der Waals surface area (Å²) in [5.74, 6) is -1.02. The number of aliphatic hydroxyl groups is 2. The lowest BCUT2D eigenvalue weighted by molar-refractivity contribution is -0.139. The molecule has 0 aromatic heterocycles. The molecule has 0 spiro atoms. The molecule has 170 valence electrons. The fourth-order valence-corrected chi connectivity index (χ4v) is 3.41. The molecule has 0 saturated carbocycles. The monoisotopic (exact) mass is 428 g/mol. The molecule has 9 N–H and O–H groups in total. The molecule has 1 saturated heterocycles. The molecule has 2 aliphatic heterocycles. The van der Waals surface area contributed by atoms with Crippen LogP contribution in [0.3, 0.4) is 0 Å². The molecular formula is C18H32N6O6. The lowest BCUT2D eigenvalue weighted by atomic mass is 10.1. The van der Waals surface area contributed by atoms with E-state index in [0.29, 0.717) is 57.0 Å². The fourth-order valence-electron chi connectivity index (χ4n) is 3.41. The number of carboxylic acid groups (broad SMARTS) is 2. The standard InChI is InChI=1S/C18H32N6O6/c19-10(16(27)28)4-1-2-7-24-9-14(26)13(25)8-12-15(24)23-18(22-12)21-6-3-5-11(20)17(29)30/h10-14,25-26H,1-9,19-20H2,(H,21,22)(H,27,28)(H,29,30)/t10-,11-,12-,13-,14+/m0/s1. The van der Waals surface area contributed by atoms with E-state index in [-0.39, 0.29) is 19.0 Å². The Bertz CT molecular complexity index is 672. The van der Waals surface area contributed by atoms with Crippen LogP contribution in [0.1, 0.15) is 38.5 Å². The van der Waals surface area contributed by atoms with Crippen molar-refractivity contribution in [2.24, 2.45) is 21.5 Å². The van der Waals surface area contributed by atoms with Crippen molar-refractivity contribution in [3.63, 3.8) is 0 Å². The van der Waals surface area contributed by atoms with E-state index in [2.05, 4.69) is 15.3 Å². The maximum absolute atomic E-state index is 10.8. The number of amidine groups is 1. The zero-order chi connectivity index (χ0) is 22.3. The maximum Gasteiger partial charge on any atom is 0.320 e. The van der Waals surface area contributed by atoms with Crippen molar-refractivity contribution in [1.82, 2.24) is 10.2 Å². The highest BCUT2D eigenvalue weighted by molar-refractivity contribution is 6.04. The van der Waals surface area contributed by atoms with Gasteiger partial charge in [0.15, 0.2) is 0 Å². The molecule has 0 unspecified atom stereocenters. The quantitative estimate of drug-likeness (QED) is 0.179. The number of guanidine groups is 1. The molecule has 12 heteroatoms. The molecule has 0 aliphatic carbocycles. The molecule has 0 aromatic carbocycles. The van der Waals surface area contributed by atoms with Crippen molar-refractivity contribution < 1.29 is 30.0 Å². The largest absolute Gasteiger partial charge is 0.480 e. The zero-order valence-corrected chi connectivity index (χ0v) is 16.9. The van der Waals surface area contributed by atoms with E-state index in [9.17, 15) is 19.8 Å². The molecule has 30 heavy (non-hydrogen) atoms. The van der Waals surface area contributed by atoms with E-state index >= 15 is 0 Å². The van der Waals surface area contributed by atoms with Gasteiger partial charge < -0.3 is 42.1 Å². The number of rotatable bonds is 11. The summed E-state index contributed by atoms with van der Waals surface area (Å²) >= 11 is 0. The molecule has 2 aliphatic rings. The molecule has 0 amide bonds. The average Bonchev–Trinajstić information content (AvgIpc) is 3.04. The van der Waals surface area contributed by atoms with Crippen molar-refractivity contribution in [2.75, 3.05) is 19.6 Å². The second-order valence-electron chi connectivity index (χ2n) is 7.71. The third-order valence-corrected chi connectivity index (χ3v) is 5.24. The second-order valence-corrected chi connectivity index (χ2v) is 7.71. The number of nitrogens with two attached hydrogens (primary N) is 2. The Kier molecular flexibility index (Phi) is 8.96. The molecule has 0 radical (unpaired) electrons. The number of aliphatic hydroxyl groups excluding tert-OH is 2. The summed E-state index contributed by atoms with van der Waals surface area (Å²) in [4.78, 5) is 32.4. The van der Waals surface area contributed by atoms with Crippen molar-refractivity contribution in [1.29, 1.82) is 0 Å². The van der Waals surface area contributed by atoms with Gasteiger partial charge in [0.2, 0.25) is 5.96 Å². The number of likely N-dealkylation sites (tertiary alicyclic amines) is 1. The molecule has 2 rings (SSSR count). The number of unbranched alkanes of at least 4 members (excludes halogenated alkanes) is 1. The predicted molar refractivity (Wildman–Crippen MR) is 109 cm³/mol. The number of aliphatic carboxylic acids is 2. The molecule has 2 heterocycles. The maximum atomic E-state index is 10.8. The van der Waals surface area contributed by atoms with E-state index in [1.807, 2.05) is 4.90 Å². The third-order valence-electron chi connectivity index (χ3n) is 5.24. The predicted octanol–water partition coefficient (Wildman–Crippen LogP) is -2.09. The molecule has 12 nitrogen and oxygen atoms in total. The summed E-state index contributed by atoms with van der Waals surface area (Å²) < 4.78 is 0. The van der Waals surface area contributed by atoms with Crippen molar-refractivity contribution in [3.05, 3.63) is 0 Å². The minimum atomic E-state index is -1.04. The van der Waals surface area contributed by atoms with Gasteiger partial charge in [-0.2, -0.15) is 4.99 Å². The van der Waals surface area contributed by atoms with E-state index in [4.69, 9.17) is 21.7 Å². The zero-order valence-electron chi connectivity index (χ0n) is 16.9. The van der Waals surface area contributed by atoms with Crippen LogP contribution >= 0.6 is 0 Å². The Labute approximate surface area is 174 Å². The molecule has 5 atom stereocenters. The van der Waals surface area contributed by atoms with E-state index < -0.39 is 36.2 Å². The van der Waals surface area contributed by atoms with E-state index in [1.54, 1.807) is 0 Å². The number of β-amino-alcohol motifs (C(OH)–C–C–N with tert-alkyl or cyclic N) is 1. The minimum absolute atomic E-state index is 0.206. The summed E-state index contributed by atoms with van der Waals surface area (Å²) in [6, 6.07) is -2.19. The first-order valence-corrected chi connectivity index (χ1v) is 10.2. The van der Waals surface area contributed by atoms with Gasteiger partial charge in [-0.05, 0) is 32.1 Å². The average molecular weight is 428 g/mol. The third kappa shape index (κ3) is 6.90. The molecule has 1 fully saturated rings. The van der Waals surface area contributed by atoms with Gasteiger partial charge in [0.05, 0.1) is 12.2 Å². The van der Waals surface area contributed by atoms with Crippen molar-refractivity contribution >= 4 is 23.7 Å². The van der Waals surface area contributed by atoms with Gasteiger partial charge in [0, 0.05) is 26.1 Å². The van der Waals surface area contributed by atoms with Crippen LogP contribution in [0, 0.1) is 0 Å². The van der Waals surface area contributed by atoms with E-state index in [1.165, 1.54) is 0 Å². The number of fused-ring (bicyclic) bond motifs is 1. The lowest BCUT2D eigenvalue weighted by Gasteiger charge is -2.26. The van der Waals surface area contributed by atoms with Crippen LogP contribution in [0.2, 0.25) is 0 Å². The first-order valence-electron chi connectivity index (χ1n) is 10.2. The van der Waals surface area contributed by atoms with Gasteiger partial charge in [-0.1, -0.05) is 0 Å². The van der Waals surface area contributed by atoms with Crippen LogP contribution in [0.5, 0.6) is 0 Å². The highest BCUT2D eigenvalue weighted by Crippen LogP contribution is 2.22. The van der Waals surface area contributed by atoms with Gasteiger partial charge >= 0.3 is 11.9 Å². The van der Waals surface area contributed by atoms with Crippen molar-refractivity contribution in [2.45, 2.75) is 68.9 Å². The number of nitrogens with one attached hydrogen (secondary N) is 1. The van der Waals surface area contributed by atoms with Crippen LogP contribution in [0.15, 0.2) is 9.98 Å². The van der Waals surface area contributed by atoms with Crippen molar-refractivity contribution in [3.8, 4) is 0 Å². The smallest absolute Gasteiger partial charge is 0.320 e. The van der Waals surface area contributed by atoms with Gasteiger partial charge in [0.25, 0.3) is 0 Å². The van der Waals surface area contributed by atoms with Gasteiger partial charge in [0.1, 0.15) is 24.0 Å². The van der Waals surface area contributed by atoms with Gasteiger partial charge in [-0.3, -0.25) is 9.59 Å². The fraction of sp³-hybridized carbons (Fsp3) is 0.778. The SMILES string of the molecule is N[C@@H](CCCCN1C[C@@H](O)[C@@H](O)C[C@@H]2N=C(NCCC[C@H](N)C(=O)O)N=C21)C(=O)O. The number of hydrogen-bond donors (Lipinski definition) is 7. The normalized spacial score (nSPS) is 25.6. The Morgan fingerprint density at radius 3 is 2.33 bits per heavy atom. The first-order chi connectivity index (χ1) is 14.2. The number of hydrogen-bond acceptors (Lipinski definition) is 10. The minimum Gasteiger partial charge on any atom is -0.480 e. The Morgan fingerprint density at radius 1 is 1.07 bits per heavy atom. The van der Waals surface area contributed by atoms with Crippen LogP contribution in [-0.2, 0) is 9.59 Å². The molecule has 0 aromatic rings. The first kappa shape index (κ1) is 24.0. The number of carboxylic acids is 2. The van der Waals surface area contributed by atoms with Crippen LogP contribution in [0.25, 0.3) is 0 Å². The molecule has 0 bridgehead atoms. The summed E-state index contributed by atoms with van der Waals surface area (Å²) in [7, 11) is 0. The second kappa shape index (κ2) is 11.2. The van der Waals surface area contributed by atoms with E-state index in [0.717, 1.165) is 0 Å². The van der Waals surface area contributed by atoms with Crippen LogP contribution in [0.4, 0.5) is 0 Å². The summed E-state index contributed by atoms with van der Waals surface area (Å²) in [6.45, 7) is 1.20. The highest BCUT2D eigenvalue weighted by Gasteiger charge is 2.36. The Balaban J connectivity index is 1.90. The van der Waals surface area contributed by atoms with Crippen LogP contribution < -0.4 is 16.8 Å². The summed E-state index contributed by atoms with van der Waals surface area (Å²) in [5, 5.41) is 41.1. The number of nitrogens with zero attached hydrogens (tertiary/aromatic N) is 3. The van der Waals surface area contributed by atoms with Gasteiger partial charge in [-0.25, -0.2) is 4.99 Å². The Hall–Kier alpha value is -2.28. The summed E-state index contributed by atoms with van der Waals surface area (Å²) in [5.41, 5.74) is 11.0.